The Bertz CT molecular complexity index is 985. The number of rotatable bonds is 7. The summed E-state index contributed by atoms with van der Waals surface area (Å²) in [6.07, 6.45) is 1.24. The number of nitrogens with zero attached hydrogens (tertiary/aromatic N) is 1. The molecule has 6 nitrogen and oxygen atoms in total. The van der Waals surface area contributed by atoms with Crippen molar-refractivity contribution in [2.75, 3.05) is 19.7 Å². The van der Waals surface area contributed by atoms with E-state index in [9.17, 15) is 13.2 Å². The average molecular weight is 457 g/mol. The van der Waals surface area contributed by atoms with Gasteiger partial charge in [-0.15, -0.1) is 0 Å². The van der Waals surface area contributed by atoms with E-state index in [4.69, 9.17) is 33.7 Å². The van der Waals surface area contributed by atoms with Gasteiger partial charge in [0, 0.05) is 29.9 Å². The van der Waals surface area contributed by atoms with Crippen LogP contribution in [0.2, 0.25) is 10.0 Å². The first-order valence-corrected chi connectivity index (χ1v) is 11.3. The van der Waals surface area contributed by atoms with Gasteiger partial charge in [-0.3, -0.25) is 4.79 Å². The Hall–Kier alpha value is -1.80. The normalized spacial score (nSPS) is 20.3. The van der Waals surface area contributed by atoms with Crippen LogP contribution in [0, 0.1) is 5.41 Å². The minimum absolute atomic E-state index is 0.0116. The molecule has 1 heterocycles. The van der Waals surface area contributed by atoms with Crippen LogP contribution in [-0.4, -0.2) is 38.3 Å². The molecule has 0 saturated carbocycles. The topological polar surface area (TPSA) is 89.7 Å². The monoisotopic (exact) mass is 456 g/mol. The smallest absolute Gasteiger partial charge is 0.244 e. The van der Waals surface area contributed by atoms with Crippen LogP contribution in [0.1, 0.15) is 19.3 Å². The summed E-state index contributed by atoms with van der Waals surface area (Å²) in [6, 6.07) is 13.5. The molecule has 2 N–H and O–H groups in total. The van der Waals surface area contributed by atoms with Gasteiger partial charge in [-0.05, 0) is 43.2 Å². The highest BCUT2D eigenvalue weighted by Gasteiger charge is 2.42. The molecule has 3 rings (SSSR count). The van der Waals surface area contributed by atoms with Gasteiger partial charge in [-0.25, -0.2) is 8.42 Å². The van der Waals surface area contributed by atoms with Crippen LogP contribution in [0.5, 0.6) is 5.75 Å². The van der Waals surface area contributed by atoms with E-state index in [-0.39, 0.29) is 29.5 Å². The molecule has 0 aliphatic carbocycles. The largest absolute Gasteiger partial charge is 0.493 e. The summed E-state index contributed by atoms with van der Waals surface area (Å²) in [7, 11) is -3.86. The first-order valence-electron chi connectivity index (χ1n) is 9.13. The summed E-state index contributed by atoms with van der Waals surface area (Å²) in [6.45, 7) is 0.623. The van der Waals surface area contributed by atoms with Gasteiger partial charge in [0.25, 0.3) is 0 Å². The second-order valence-corrected chi connectivity index (χ2v) is 10.0. The van der Waals surface area contributed by atoms with Gasteiger partial charge in [0.05, 0.1) is 11.6 Å². The third-order valence-electron chi connectivity index (χ3n) is 4.98. The Morgan fingerprint density at radius 1 is 1.17 bits per heavy atom. The van der Waals surface area contributed by atoms with Crippen molar-refractivity contribution in [3.63, 3.8) is 0 Å². The SMILES string of the molecule is NC(=O)C[C@@]1(COc2ccccc2)CCCN(S(=O)(=O)c2ccc(Cl)cc2Cl)C1. The second kappa shape index (κ2) is 8.92. The fourth-order valence-electron chi connectivity index (χ4n) is 3.63. The summed E-state index contributed by atoms with van der Waals surface area (Å²) in [4.78, 5) is 11.8. The van der Waals surface area contributed by atoms with Gasteiger partial charge < -0.3 is 10.5 Å². The van der Waals surface area contributed by atoms with Crippen molar-refractivity contribution in [1.82, 2.24) is 4.31 Å². The van der Waals surface area contributed by atoms with E-state index in [1.54, 1.807) is 0 Å². The summed E-state index contributed by atoms with van der Waals surface area (Å²) in [5, 5.41) is 0.413. The standard InChI is InChI=1S/C20H22Cl2N2O4S/c21-15-7-8-18(17(22)11-15)29(26,27)24-10-4-9-20(13-24,12-19(23)25)14-28-16-5-2-1-3-6-16/h1-3,5-8,11H,4,9-10,12-14H2,(H2,23,25)/t20-/m0/s1. The molecule has 1 fully saturated rings. The number of hydrogen-bond donors (Lipinski definition) is 1. The van der Waals surface area contributed by atoms with Crippen LogP contribution >= 0.6 is 23.2 Å². The van der Waals surface area contributed by atoms with Crippen molar-refractivity contribution in [3.8, 4) is 5.75 Å². The lowest BCUT2D eigenvalue weighted by atomic mass is 9.78. The first kappa shape index (κ1) is 21.9. The van der Waals surface area contributed by atoms with E-state index in [1.807, 2.05) is 30.3 Å². The molecular weight excluding hydrogens is 435 g/mol. The van der Waals surface area contributed by atoms with Gasteiger partial charge in [0.2, 0.25) is 15.9 Å². The molecule has 1 saturated heterocycles. The van der Waals surface area contributed by atoms with Crippen molar-refractivity contribution >= 4 is 39.1 Å². The van der Waals surface area contributed by atoms with Crippen molar-refractivity contribution in [2.24, 2.45) is 11.1 Å². The zero-order valence-electron chi connectivity index (χ0n) is 15.7. The third-order valence-corrected chi connectivity index (χ3v) is 7.54. The van der Waals surface area contributed by atoms with Crippen molar-refractivity contribution < 1.29 is 17.9 Å². The van der Waals surface area contributed by atoms with Crippen molar-refractivity contribution in [2.45, 2.75) is 24.2 Å². The minimum atomic E-state index is -3.86. The number of carbonyl (C=O) groups is 1. The van der Waals surface area contributed by atoms with Gasteiger partial charge in [0.1, 0.15) is 10.6 Å². The molecule has 29 heavy (non-hydrogen) atoms. The van der Waals surface area contributed by atoms with E-state index in [0.29, 0.717) is 30.2 Å². The molecule has 0 aromatic heterocycles. The van der Waals surface area contributed by atoms with Gasteiger partial charge in [-0.2, -0.15) is 4.31 Å². The lowest BCUT2D eigenvalue weighted by Crippen LogP contribution is -2.50. The number of amides is 1. The van der Waals surface area contributed by atoms with Crippen LogP contribution in [0.4, 0.5) is 0 Å². The highest BCUT2D eigenvalue weighted by Crippen LogP contribution is 2.38. The summed E-state index contributed by atoms with van der Waals surface area (Å²) < 4.78 is 33.7. The van der Waals surface area contributed by atoms with Crippen LogP contribution in [0.15, 0.2) is 53.4 Å². The molecule has 9 heteroatoms. The van der Waals surface area contributed by atoms with E-state index >= 15 is 0 Å². The quantitative estimate of drug-likeness (QED) is 0.687. The molecule has 1 aliphatic rings. The summed E-state index contributed by atoms with van der Waals surface area (Å²) >= 11 is 12.0. The van der Waals surface area contributed by atoms with E-state index in [0.717, 1.165) is 0 Å². The molecule has 0 bridgehead atoms. The molecule has 2 aromatic carbocycles. The number of nitrogens with two attached hydrogens (primary N) is 1. The number of para-hydroxylation sites is 1. The number of piperidine rings is 1. The second-order valence-electron chi connectivity index (χ2n) is 7.26. The number of hydrogen-bond acceptors (Lipinski definition) is 4. The predicted octanol–water partition coefficient (Wildman–Crippen LogP) is 3.72. The average Bonchev–Trinajstić information content (AvgIpc) is 2.67. The van der Waals surface area contributed by atoms with Crippen LogP contribution in [0.3, 0.4) is 0 Å². The molecule has 156 valence electrons. The molecule has 2 aromatic rings. The highest BCUT2D eigenvalue weighted by atomic mass is 35.5. The highest BCUT2D eigenvalue weighted by molar-refractivity contribution is 7.89. The fraction of sp³-hybridized carbons (Fsp3) is 0.350. The maximum Gasteiger partial charge on any atom is 0.244 e. The molecule has 0 radical (unpaired) electrons. The molecule has 0 spiro atoms. The Morgan fingerprint density at radius 2 is 1.90 bits per heavy atom. The molecule has 1 aliphatic heterocycles. The molecule has 0 unspecified atom stereocenters. The maximum absolute atomic E-state index is 13.2. The number of carbonyl (C=O) groups excluding carboxylic acids is 1. The first-order chi connectivity index (χ1) is 13.7. The minimum Gasteiger partial charge on any atom is -0.493 e. The van der Waals surface area contributed by atoms with Crippen LogP contribution in [-0.2, 0) is 14.8 Å². The lowest BCUT2D eigenvalue weighted by Gasteiger charge is -2.41. The number of ether oxygens (including phenoxy) is 1. The van der Waals surface area contributed by atoms with E-state index in [1.165, 1.54) is 22.5 Å². The molecular formula is C20H22Cl2N2O4S. The van der Waals surface area contributed by atoms with Gasteiger partial charge in [-0.1, -0.05) is 41.4 Å². The van der Waals surface area contributed by atoms with Crippen molar-refractivity contribution in [1.29, 1.82) is 0 Å². The van der Waals surface area contributed by atoms with Crippen LogP contribution < -0.4 is 10.5 Å². The van der Waals surface area contributed by atoms with Gasteiger partial charge >= 0.3 is 0 Å². The Labute approximate surface area is 180 Å². The van der Waals surface area contributed by atoms with E-state index in [2.05, 4.69) is 0 Å². The Morgan fingerprint density at radius 3 is 2.55 bits per heavy atom. The lowest BCUT2D eigenvalue weighted by molar-refractivity contribution is -0.121. The number of benzene rings is 2. The number of halogens is 2. The zero-order valence-corrected chi connectivity index (χ0v) is 18.0. The molecule has 1 amide bonds. The summed E-state index contributed by atoms with van der Waals surface area (Å²) in [5.41, 5.74) is 4.77. The Kier molecular flexibility index (Phi) is 6.73. The summed E-state index contributed by atoms with van der Waals surface area (Å²) in [5.74, 6) is 0.155. The number of primary amides is 1. The van der Waals surface area contributed by atoms with Crippen molar-refractivity contribution in [3.05, 3.63) is 58.6 Å². The fourth-order valence-corrected chi connectivity index (χ4v) is 5.96. The van der Waals surface area contributed by atoms with Gasteiger partial charge in [0.15, 0.2) is 0 Å². The Balaban J connectivity index is 1.86. The zero-order chi connectivity index (χ0) is 21.1. The predicted molar refractivity (Wildman–Crippen MR) is 113 cm³/mol. The van der Waals surface area contributed by atoms with Crippen LogP contribution in [0.25, 0.3) is 0 Å². The van der Waals surface area contributed by atoms with E-state index < -0.39 is 21.3 Å². The third kappa shape index (κ3) is 5.22. The number of sulfonamides is 1. The maximum atomic E-state index is 13.2. The molecule has 1 atom stereocenters.